The predicted octanol–water partition coefficient (Wildman–Crippen LogP) is 2.10. The molecule has 1 aromatic carbocycles. The molecule has 1 saturated heterocycles. The number of aliphatic hydroxyl groups excluding tert-OH is 1. The average molecular weight is 307 g/mol. The second-order valence-corrected chi connectivity index (χ2v) is 6.54. The molecule has 4 nitrogen and oxygen atoms in total. The molecule has 2 fully saturated rings. The molecule has 1 saturated carbocycles. The van der Waals surface area contributed by atoms with Gasteiger partial charge in [-0.15, -0.1) is 0 Å². The van der Waals surface area contributed by atoms with Crippen LogP contribution in [-0.4, -0.2) is 36.4 Å². The van der Waals surface area contributed by atoms with Gasteiger partial charge in [0.15, 0.2) is 0 Å². The molecule has 120 valence electrons. The number of aliphatic hydroxyl groups is 1. The van der Waals surface area contributed by atoms with E-state index in [-0.39, 0.29) is 29.3 Å². The van der Waals surface area contributed by atoms with Crippen LogP contribution in [0.15, 0.2) is 12.1 Å². The van der Waals surface area contributed by atoms with Crippen LogP contribution in [0.5, 0.6) is 0 Å². The normalized spacial score (nSPS) is 26.5. The molecule has 1 amide bonds. The molecule has 1 heterocycles. The van der Waals surface area contributed by atoms with E-state index < -0.39 is 0 Å². The van der Waals surface area contributed by atoms with E-state index in [1.807, 2.05) is 0 Å². The second kappa shape index (κ2) is 5.63. The number of hydrogen-bond acceptors (Lipinski definition) is 3. The number of ether oxygens (including phenoxy) is 1. The molecule has 2 aliphatic rings. The van der Waals surface area contributed by atoms with Gasteiger partial charge in [-0.25, -0.2) is 4.39 Å². The van der Waals surface area contributed by atoms with E-state index >= 15 is 0 Å². The van der Waals surface area contributed by atoms with E-state index in [4.69, 9.17) is 4.74 Å². The van der Waals surface area contributed by atoms with Crippen molar-refractivity contribution in [2.75, 3.05) is 13.2 Å². The van der Waals surface area contributed by atoms with Gasteiger partial charge in [-0.1, -0.05) is 0 Å². The van der Waals surface area contributed by atoms with Gasteiger partial charge in [0.25, 0.3) is 5.91 Å². The quantitative estimate of drug-likeness (QED) is 0.880. The Bertz CT molecular complexity index is 573. The van der Waals surface area contributed by atoms with Gasteiger partial charge in [-0.2, -0.15) is 0 Å². The third-order valence-electron chi connectivity index (χ3n) is 5.27. The molecule has 0 aromatic heterocycles. The highest BCUT2D eigenvalue weighted by atomic mass is 19.1. The van der Waals surface area contributed by atoms with E-state index in [0.29, 0.717) is 36.3 Å². The van der Waals surface area contributed by atoms with Gasteiger partial charge in [0.2, 0.25) is 0 Å². The first-order valence-electron chi connectivity index (χ1n) is 7.77. The van der Waals surface area contributed by atoms with Gasteiger partial charge in [0, 0.05) is 30.2 Å². The number of benzene rings is 1. The maximum Gasteiger partial charge on any atom is 0.252 e. The molecule has 1 spiro atoms. The summed E-state index contributed by atoms with van der Waals surface area (Å²) in [5.74, 6) is -0.510. The summed E-state index contributed by atoms with van der Waals surface area (Å²) in [7, 11) is 0. The highest BCUT2D eigenvalue weighted by Gasteiger charge is 2.55. The van der Waals surface area contributed by atoms with Crippen molar-refractivity contribution in [2.24, 2.45) is 5.41 Å². The van der Waals surface area contributed by atoms with Gasteiger partial charge in [0.05, 0.1) is 6.10 Å². The second-order valence-electron chi connectivity index (χ2n) is 6.54. The molecule has 0 unspecified atom stereocenters. The van der Waals surface area contributed by atoms with E-state index in [1.54, 1.807) is 13.8 Å². The van der Waals surface area contributed by atoms with E-state index in [9.17, 15) is 14.3 Å². The number of carbonyl (C=O) groups is 1. The van der Waals surface area contributed by atoms with Crippen molar-refractivity contribution in [3.05, 3.63) is 34.6 Å². The van der Waals surface area contributed by atoms with Crippen molar-refractivity contribution < 1.29 is 19.0 Å². The minimum Gasteiger partial charge on any atom is -0.392 e. The van der Waals surface area contributed by atoms with Crippen LogP contribution in [0.25, 0.3) is 0 Å². The lowest BCUT2D eigenvalue weighted by molar-refractivity contribution is -0.145. The van der Waals surface area contributed by atoms with Crippen molar-refractivity contribution in [3.8, 4) is 0 Å². The Balaban J connectivity index is 1.78. The summed E-state index contributed by atoms with van der Waals surface area (Å²) in [4.78, 5) is 12.6. The van der Waals surface area contributed by atoms with E-state index in [0.717, 1.165) is 12.8 Å². The van der Waals surface area contributed by atoms with Crippen molar-refractivity contribution in [2.45, 2.75) is 45.3 Å². The molecule has 22 heavy (non-hydrogen) atoms. The first kappa shape index (κ1) is 15.4. The summed E-state index contributed by atoms with van der Waals surface area (Å²) in [5, 5.41) is 13.2. The molecule has 1 aromatic rings. The third kappa shape index (κ3) is 2.42. The lowest BCUT2D eigenvalue weighted by Gasteiger charge is -2.55. The summed E-state index contributed by atoms with van der Waals surface area (Å²) < 4.78 is 18.7. The van der Waals surface area contributed by atoms with Gasteiger partial charge >= 0.3 is 0 Å². The van der Waals surface area contributed by atoms with Crippen LogP contribution in [0.2, 0.25) is 0 Å². The molecule has 1 aliphatic carbocycles. The summed E-state index contributed by atoms with van der Waals surface area (Å²) in [5.41, 5.74) is 1.55. The standard InChI is InChI=1S/C17H22FNO3/c1-10-7-12(18)8-11(2)15(10)16(21)19-13-9-14(20)17(13)3-5-22-6-4-17/h7-8,13-14,20H,3-6,9H2,1-2H3,(H,19,21)/t13-,14-/m1/s1. The molecule has 0 bridgehead atoms. The van der Waals surface area contributed by atoms with Gasteiger partial charge in [-0.05, 0) is 56.4 Å². The Morgan fingerprint density at radius 1 is 1.32 bits per heavy atom. The number of hydrogen-bond donors (Lipinski definition) is 2. The van der Waals surface area contributed by atoms with Gasteiger partial charge < -0.3 is 15.2 Å². The van der Waals surface area contributed by atoms with Crippen molar-refractivity contribution in [3.63, 3.8) is 0 Å². The fraction of sp³-hybridized carbons (Fsp3) is 0.588. The van der Waals surface area contributed by atoms with Crippen LogP contribution >= 0.6 is 0 Å². The highest BCUT2D eigenvalue weighted by molar-refractivity contribution is 5.97. The maximum absolute atomic E-state index is 13.4. The van der Waals surface area contributed by atoms with Gasteiger partial charge in [-0.3, -0.25) is 4.79 Å². The molecule has 2 N–H and O–H groups in total. The topological polar surface area (TPSA) is 58.6 Å². The fourth-order valence-corrected chi connectivity index (χ4v) is 3.90. The largest absolute Gasteiger partial charge is 0.392 e. The molecule has 0 radical (unpaired) electrons. The number of rotatable bonds is 2. The zero-order valence-corrected chi connectivity index (χ0v) is 13.0. The lowest BCUT2D eigenvalue weighted by atomic mass is 9.58. The number of halogens is 1. The third-order valence-corrected chi connectivity index (χ3v) is 5.27. The van der Waals surface area contributed by atoms with Crippen molar-refractivity contribution in [1.82, 2.24) is 5.32 Å². The lowest BCUT2D eigenvalue weighted by Crippen LogP contribution is -2.65. The van der Waals surface area contributed by atoms with Crippen LogP contribution < -0.4 is 5.32 Å². The smallest absolute Gasteiger partial charge is 0.252 e. The molecule has 3 rings (SSSR count). The molecular weight excluding hydrogens is 285 g/mol. The number of nitrogens with one attached hydrogen (secondary N) is 1. The Labute approximate surface area is 129 Å². The Hall–Kier alpha value is -1.46. The van der Waals surface area contributed by atoms with Crippen molar-refractivity contribution >= 4 is 5.91 Å². The first-order chi connectivity index (χ1) is 10.4. The number of carbonyl (C=O) groups excluding carboxylic acids is 1. The highest BCUT2D eigenvalue weighted by Crippen LogP contribution is 2.49. The Kier molecular flexibility index (Phi) is 3.95. The number of amides is 1. The summed E-state index contributed by atoms with van der Waals surface area (Å²) in [6.45, 7) is 4.73. The van der Waals surface area contributed by atoms with Crippen LogP contribution in [0.4, 0.5) is 4.39 Å². The van der Waals surface area contributed by atoms with E-state index in [1.165, 1.54) is 12.1 Å². The van der Waals surface area contributed by atoms with Crippen LogP contribution in [0, 0.1) is 25.1 Å². The molecule has 2 atom stereocenters. The minimum absolute atomic E-state index is 0.0391. The summed E-state index contributed by atoms with van der Waals surface area (Å²) in [6.07, 6.45) is 1.73. The zero-order chi connectivity index (χ0) is 15.9. The summed E-state index contributed by atoms with van der Waals surface area (Å²) in [6, 6.07) is 2.71. The van der Waals surface area contributed by atoms with Crippen LogP contribution in [0.1, 0.15) is 40.7 Å². The monoisotopic (exact) mass is 307 g/mol. The molecule has 1 aliphatic heterocycles. The average Bonchev–Trinajstić information content (AvgIpc) is 2.46. The minimum atomic E-state index is -0.378. The Morgan fingerprint density at radius 3 is 2.45 bits per heavy atom. The van der Waals surface area contributed by atoms with Gasteiger partial charge in [0.1, 0.15) is 5.82 Å². The fourth-order valence-electron chi connectivity index (χ4n) is 3.90. The predicted molar refractivity (Wildman–Crippen MR) is 80.2 cm³/mol. The van der Waals surface area contributed by atoms with Crippen LogP contribution in [-0.2, 0) is 4.74 Å². The summed E-state index contributed by atoms with van der Waals surface area (Å²) >= 11 is 0. The SMILES string of the molecule is Cc1cc(F)cc(C)c1C(=O)N[C@@H]1C[C@@H](O)C12CCOCC2. The zero-order valence-electron chi connectivity index (χ0n) is 13.0. The van der Waals surface area contributed by atoms with Crippen LogP contribution in [0.3, 0.4) is 0 Å². The number of aryl methyl sites for hydroxylation is 2. The molecule has 5 heteroatoms. The Morgan fingerprint density at radius 2 is 1.91 bits per heavy atom. The maximum atomic E-state index is 13.4. The van der Waals surface area contributed by atoms with E-state index in [2.05, 4.69) is 5.32 Å². The molecular formula is C17H22FNO3. The van der Waals surface area contributed by atoms with Crippen molar-refractivity contribution in [1.29, 1.82) is 0 Å². The first-order valence-corrected chi connectivity index (χ1v) is 7.77.